The molecule has 0 bridgehead atoms. The van der Waals surface area contributed by atoms with E-state index in [2.05, 4.69) is 13.8 Å². The predicted octanol–water partition coefficient (Wildman–Crippen LogP) is 5.78. The van der Waals surface area contributed by atoms with Crippen LogP contribution in [0.3, 0.4) is 0 Å². The van der Waals surface area contributed by atoms with Gasteiger partial charge in [-0.05, 0) is 12.8 Å². The standard InChI is InChI=1S/C26H52NO8P/c1-6-8-10-12-13-14-15-17-18-25(28)32-22-24(35-26(29)19-16-11-9-7-2)23-34-36(30,31)33-21-20-27(3,4)5/h24H,6-23H2,1-5H3/p+1/t24-/m1/s1. The van der Waals surface area contributed by atoms with Crippen molar-refractivity contribution in [2.75, 3.05) is 47.5 Å². The van der Waals surface area contributed by atoms with E-state index in [-0.39, 0.29) is 25.6 Å². The van der Waals surface area contributed by atoms with Gasteiger partial charge in [-0.2, -0.15) is 0 Å². The molecule has 36 heavy (non-hydrogen) atoms. The maximum Gasteiger partial charge on any atom is 0.472 e. The molecule has 9 nitrogen and oxygen atoms in total. The molecule has 0 aliphatic rings. The number of phosphoric ester groups is 1. The average Bonchev–Trinajstić information content (AvgIpc) is 2.79. The van der Waals surface area contributed by atoms with Crippen LogP contribution >= 0.6 is 7.82 Å². The first-order valence-electron chi connectivity index (χ1n) is 13.8. The van der Waals surface area contributed by atoms with E-state index in [1.807, 2.05) is 21.1 Å². The zero-order chi connectivity index (χ0) is 27.3. The van der Waals surface area contributed by atoms with Crippen LogP contribution in [-0.2, 0) is 32.7 Å². The van der Waals surface area contributed by atoms with Crippen LogP contribution in [0.5, 0.6) is 0 Å². The lowest BCUT2D eigenvalue weighted by molar-refractivity contribution is -0.870. The number of phosphoric acid groups is 1. The molecule has 0 spiro atoms. The van der Waals surface area contributed by atoms with Gasteiger partial charge in [0, 0.05) is 12.8 Å². The van der Waals surface area contributed by atoms with E-state index < -0.39 is 26.5 Å². The molecule has 0 saturated heterocycles. The van der Waals surface area contributed by atoms with Gasteiger partial charge in [0.25, 0.3) is 0 Å². The van der Waals surface area contributed by atoms with Crippen LogP contribution in [0.4, 0.5) is 0 Å². The van der Waals surface area contributed by atoms with Gasteiger partial charge in [0.2, 0.25) is 0 Å². The number of carbonyl (C=O) groups excluding carboxylic acids is 2. The lowest BCUT2D eigenvalue weighted by Crippen LogP contribution is -2.37. The first-order chi connectivity index (χ1) is 17.0. The first-order valence-corrected chi connectivity index (χ1v) is 15.3. The summed E-state index contributed by atoms with van der Waals surface area (Å²) in [6.07, 6.45) is 12.3. The number of nitrogens with zero attached hydrogens (tertiary/aromatic N) is 1. The van der Waals surface area contributed by atoms with E-state index in [1.54, 1.807) is 0 Å². The Morgan fingerprint density at radius 2 is 1.25 bits per heavy atom. The number of carbonyl (C=O) groups is 2. The quantitative estimate of drug-likeness (QED) is 0.0713. The lowest BCUT2D eigenvalue weighted by Gasteiger charge is -2.24. The van der Waals surface area contributed by atoms with Crippen LogP contribution in [0, 0.1) is 0 Å². The van der Waals surface area contributed by atoms with Gasteiger partial charge in [0.15, 0.2) is 6.10 Å². The number of hydrogen-bond donors (Lipinski definition) is 1. The molecule has 0 amide bonds. The highest BCUT2D eigenvalue weighted by atomic mass is 31.2. The summed E-state index contributed by atoms with van der Waals surface area (Å²) in [5.41, 5.74) is 0. The summed E-state index contributed by atoms with van der Waals surface area (Å²) < 4.78 is 33.5. The number of likely N-dealkylation sites (N-methyl/N-ethyl adjacent to an activating group) is 1. The smallest absolute Gasteiger partial charge is 0.462 e. The molecule has 0 aromatic carbocycles. The molecule has 10 heteroatoms. The van der Waals surface area contributed by atoms with Gasteiger partial charge >= 0.3 is 19.8 Å². The minimum absolute atomic E-state index is 0.0345. The monoisotopic (exact) mass is 538 g/mol. The summed E-state index contributed by atoms with van der Waals surface area (Å²) in [5, 5.41) is 0. The van der Waals surface area contributed by atoms with Crippen molar-refractivity contribution in [2.45, 2.75) is 110 Å². The minimum atomic E-state index is -4.33. The normalized spacial score (nSPS) is 14.3. The van der Waals surface area contributed by atoms with Crippen molar-refractivity contribution in [3.8, 4) is 0 Å². The number of quaternary nitrogens is 1. The number of unbranched alkanes of at least 4 members (excludes halogenated alkanes) is 10. The van der Waals surface area contributed by atoms with Crippen LogP contribution < -0.4 is 0 Å². The molecule has 0 rings (SSSR count). The summed E-state index contributed by atoms with van der Waals surface area (Å²) >= 11 is 0. The van der Waals surface area contributed by atoms with E-state index in [0.29, 0.717) is 23.9 Å². The average molecular weight is 539 g/mol. The SMILES string of the molecule is CCCCCCCCCCC(=O)OC[C@H](COP(=O)(O)OCC[N+](C)(C)C)OC(=O)CCCCCC. The van der Waals surface area contributed by atoms with E-state index in [1.165, 1.54) is 32.1 Å². The fourth-order valence-corrected chi connectivity index (χ4v) is 4.10. The number of hydrogen-bond acceptors (Lipinski definition) is 7. The number of ether oxygens (including phenoxy) is 2. The molecular weight excluding hydrogens is 485 g/mol. The van der Waals surface area contributed by atoms with Crippen molar-refractivity contribution >= 4 is 19.8 Å². The van der Waals surface area contributed by atoms with Crippen LogP contribution in [0.2, 0.25) is 0 Å². The Bertz CT molecular complexity index is 624. The maximum absolute atomic E-state index is 12.2. The van der Waals surface area contributed by atoms with Gasteiger partial charge in [-0.3, -0.25) is 18.6 Å². The summed E-state index contributed by atoms with van der Waals surface area (Å²) in [7, 11) is 1.47. The zero-order valence-electron chi connectivity index (χ0n) is 23.5. The molecule has 2 atom stereocenters. The highest BCUT2D eigenvalue weighted by Gasteiger charge is 2.27. The topological polar surface area (TPSA) is 108 Å². The maximum atomic E-state index is 12.2. The Hall–Kier alpha value is -0.990. The Kier molecular flexibility index (Phi) is 20.4. The molecule has 214 valence electrons. The van der Waals surface area contributed by atoms with Crippen molar-refractivity contribution in [1.82, 2.24) is 0 Å². The highest BCUT2D eigenvalue weighted by molar-refractivity contribution is 7.47. The summed E-state index contributed by atoms with van der Waals surface area (Å²) in [6, 6.07) is 0. The van der Waals surface area contributed by atoms with E-state index >= 15 is 0 Å². The molecule has 1 N–H and O–H groups in total. The summed E-state index contributed by atoms with van der Waals surface area (Å²) in [4.78, 5) is 34.3. The van der Waals surface area contributed by atoms with Crippen LogP contribution in [0.25, 0.3) is 0 Å². The lowest BCUT2D eigenvalue weighted by atomic mass is 10.1. The molecular formula is C26H53NO8P+. The third-order valence-electron chi connectivity index (χ3n) is 5.64. The van der Waals surface area contributed by atoms with E-state index in [0.717, 1.165) is 38.5 Å². The largest absolute Gasteiger partial charge is 0.472 e. The Labute approximate surface area is 219 Å². The molecule has 0 aromatic rings. The summed E-state index contributed by atoms with van der Waals surface area (Å²) in [5.74, 6) is -0.825. The molecule has 0 aliphatic heterocycles. The number of rotatable bonds is 24. The van der Waals surface area contributed by atoms with Gasteiger partial charge in [-0.25, -0.2) is 4.57 Å². The molecule has 0 fully saturated rings. The minimum Gasteiger partial charge on any atom is -0.462 e. The second-order valence-electron chi connectivity index (χ2n) is 10.4. The third-order valence-corrected chi connectivity index (χ3v) is 6.62. The van der Waals surface area contributed by atoms with Gasteiger partial charge in [0.1, 0.15) is 19.8 Å². The Morgan fingerprint density at radius 3 is 1.81 bits per heavy atom. The van der Waals surface area contributed by atoms with Crippen LogP contribution in [-0.4, -0.2) is 74.9 Å². The molecule has 1 unspecified atom stereocenters. The van der Waals surface area contributed by atoms with Gasteiger partial charge in [-0.1, -0.05) is 78.1 Å². The fourth-order valence-electron chi connectivity index (χ4n) is 3.36. The second-order valence-corrected chi connectivity index (χ2v) is 11.9. The molecule has 0 radical (unpaired) electrons. The van der Waals surface area contributed by atoms with Gasteiger partial charge in [-0.15, -0.1) is 0 Å². The zero-order valence-corrected chi connectivity index (χ0v) is 24.4. The molecule has 0 heterocycles. The Morgan fingerprint density at radius 1 is 0.750 bits per heavy atom. The predicted molar refractivity (Wildman–Crippen MR) is 141 cm³/mol. The second kappa shape index (κ2) is 21.0. The van der Waals surface area contributed by atoms with E-state index in [9.17, 15) is 19.0 Å². The van der Waals surface area contributed by atoms with Crippen molar-refractivity contribution in [3.63, 3.8) is 0 Å². The van der Waals surface area contributed by atoms with Crippen molar-refractivity contribution < 1.29 is 42.1 Å². The van der Waals surface area contributed by atoms with Crippen molar-refractivity contribution in [2.24, 2.45) is 0 Å². The molecule has 0 saturated carbocycles. The van der Waals surface area contributed by atoms with Crippen LogP contribution in [0.1, 0.15) is 104 Å². The van der Waals surface area contributed by atoms with Crippen LogP contribution in [0.15, 0.2) is 0 Å². The number of esters is 2. The van der Waals surface area contributed by atoms with Crippen molar-refractivity contribution in [3.05, 3.63) is 0 Å². The van der Waals surface area contributed by atoms with E-state index in [4.69, 9.17) is 18.5 Å². The molecule has 0 aliphatic carbocycles. The highest BCUT2D eigenvalue weighted by Crippen LogP contribution is 2.43. The van der Waals surface area contributed by atoms with Gasteiger partial charge in [0.05, 0.1) is 27.7 Å². The fraction of sp³-hybridized carbons (Fsp3) is 0.923. The Balaban J connectivity index is 4.52. The summed E-state index contributed by atoms with van der Waals surface area (Å²) in [6.45, 7) is 4.20. The third kappa shape index (κ3) is 23.4. The van der Waals surface area contributed by atoms with Gasteiger partial charge < -0.3 is 18.9 Å². The molecule has 0 aromatic heterocycles. The first kappa shape index (κ1) is 35.0. The van der Waals surface area contributed by atoms with Crippen molar-refractivity contribution in [1.29, 1.82) is 0 Å².